The predicted molar refractivity (Wildman–Crippen MR) is 101 cm³/mol. The van der Waals surface area contributed by atoms with Crippen molar-refractivity contribution in [1.29, 1.82) is 0 Å². The Bertz CT molecular complexity index is 633. The van der Waals surface area contributed by atoms with E-state index in [0.29, 0.717) is 12.3 Å². The molecule has 4 heteroatoms. The Morgan fingerprint density at radius 2 is 1.84 bits per heavy atom. The lowest BCUT2D eigenvalue weighted by Crippen LogP contribution is -2.35. The quantitative estimate of drug-likeness (QED) is 0.855. The number of carbonyl (C=O) groups excluding carboxylic acids is 1. The molecule has 0 saturated carbocycles. The van der Waals surface area contributed by atoms with E-state index in [9.17, 15) is 9.90 Å². The largest absolute Gasteiger partial charge is 0.378 e. The first-order valence-corrected chi connectivity index (χ1v) is 9.07. The number of hydrogen-bond donors (Lipinski definition) is 1. The summed E-state index contributed by atoms with van der Waals surface area (Å²) in [7, 11) is 0. The SMILES string of the molecule is CC(C)CN1CCN(Cc2ccc(C#CC(C)(C)O)cc2)CCC1=O. The fraction of sp³-hybridized carbons (Fsp3) is 0.571. The minimum atomic E-state index is -0.973. The van der Waals surface area contributed by atoms with Gasteiger partial charge in [-0.3, -0.25) is 9.69 Å². The molecule has 1 heterocycles. The van der Waals surface area contributed by atoms with Crippen LogP contribution in [-0.4, -0.2) is 52.6 Å². The molecule has 0 atom stereocenters. The summed E-state index contributed by atoms with van der Waals surface area (Å²) in [6, 6.07) is 8.13. The molecule has 0 aromatic heterocycles. The van der Waals surface area contributed by atoms with E-state index >= 15 is 0 Å². The first-order chi connectivity index (χ1) is 11.7. The molecule has 1 aliphatic rings. The maximum atomic E-state index is 12.2. The van der Waals surface area contributed by atoms with Crippen molar-refractivity contribution in [3.05, 3.63) is 35.4 Å². The molecule has 136 valence electrons. The molecule has 25 heavy (non-hydrogen) atoms. The zero-order valence-electron chi connectivity index (χ0n) is 15.9. The molecule has 1 aromatic carbocycles. The Labute approximate surface area is 151 Å². The minimum absolute atomic E-state index is 0.272. The van der Waals surface area contributed by atoms with Gasteiger partial charge in [0.1, 0.15) is 5.60 Å². The third kappa shape index (κ3) is 6.89. The first kappa shape index (κ1) is 19.5. The van der Waals surface area contributed by atoms with Crippen molar-refractivity contribution >= 4 is 5.91 Å². The average Bonchev–Trinajstić information content (AvgIpc) is 2.69. The van der Waals surface area contributed by atoms with Crippen molar-refractivity contribution in [1.82, 2.24) is 9.80 Å². The lowest BCUT2D eigenvalue weighted by Gasteiger charge is -2.23. The van der Waals surface area contributed by atoms with Crippen molar-refractivity contribution < 1.29 is 9.90 Å². The number of nitrogens with zero attached hydrogens (tertiary/aromatic N) is 2. The summed E-state index contributed by atoms with van der Waals surface area (Å²) < 4.78 is 0. The molecule has 0 aliphatic carbocycles. The van der Waals surface area contributed by atoms with Gasteiger partial charge in [-0.15, -0.1) is 0 Å². The van der Waals surface area contributed by atoms with Gasteiger partial charge in [-0.2, -0.15) is 0 Å². The van der Waals surface area contributed by atoms with E-state index in [1.807, 2.05) is 17.0 Å². The van der Waals surface area contributed by atoms with E-state index in [-0.39, 0.29) is 5.91 Å². The second-order valence-corrected chi connectivity index (χ2v) is 7.77. The summed E-state index contributed by atoms with van der Waals surface area (Å²) in [6.07, 6.45) is 0.599. The van der Waals surface area contributed by atoms with Gasteiger partial charge < -0.3 is 10.0 Å². The predicted octanol–water partition coefficient (Wildman–Crippen LogP) is 2.50. The average molecular weight is 342 g/mol. The van der Waals surface area contributed by atoms with Gasteiger partial charge >= 0.3 is 0 Å². The lowest BCUT2D eigenvalue weighted by molar-refractivity contribution is -0.130. The Morgan fingerprint density at radius 1 is 1.16 bits per heavy atom. The van der Waals surface area contributed by atoms with Crippen LogP contribution in [0, 0.1) is 17.8 Å². The first-order valence-electron chi connectivity index (χ1n) is 9.07. The van der Waals surface area contributed by atoms with E-state index < -0.39 is 5.60 Å². The summed E-state index contributed by atoms with van der Waals surface area (Å²) >= 11 is 0. The van der Waals surface area contributed by atoms with Crippen LogP contribution in [-0.2, 0) is 11.3 Å². The third-order valence-corrected chi connectivity index (χ3v) is 4.14. The van der Waals surface area contributed by atoms with E-state index in [1.54, 1.807) is 13.8 Å². The third-order valence-electron chi connectivity index (χ3n) is 4.14. The molecule has 2 rings (SSSR count). The molecule has 0 spiro atoms. The zero-order valence-corrected chi connectivity index (χ0v) is 15.9. The van der Waals surface area contributed by atoms with Crippen LogP contribution in [0.5, 0.6) is 0 Å². The van der Waals surface area contributed by atoms with Crippen LogP contribution in [0.1, 0.15) is 45.2 Å². The number of benzene rings is 1. The summed E-state index contributed by atoms with van der Waals surface area (Å²) in [5.41, 5.74) is 1.15. The van der Waals surface area contributed by atoms with Crippen LogP contribution in [0.25, 0.3) is 0 Å². The molecule has 1 fully saturated rings. The fourth-order valence-electron chi connectivity index (χ4n) is 2.88. The highest BCUT2D eigenvalue weighted by molar-refractivity contribution is 5.76. The Balaban J connectivity index is 1.93. The molecular weight excluding hydrogens is 312 g/mol. The molecule has 0 bridgehead atoms. The maximum Gasteiger partial charge on any atom is 0.223 e. The van der Waals surface area contributed by atoms with Crippen LogP contribution in [0.2, 0.25) is 0 Å². The second-order valence-electron chi connectivity index (χ2n) is 7.77. The molecule has 1 aliphatic heterocycles. The van der Waals surface area contributed by atoms with Crippen LogP contribution in [0.4, 0.5) is 0 Å². The number of aliphatic hydroxyl groups is 1. The van der Waals surface area contributed by atoms with Crippen molar-refractivity contribution in [2.24, 2.45) is 5.92 Å². The van der Waals surface area contributed by atoms with E-state index in [1.165, 1.54) is 5.56 Å². The van der Waals surface area contributed by atoms with E-state index in [4.69, 9.17) is 0 Å². The number of carbonyl (C=O) groups is 1. The van der Waals surface area contributed by atoms with E-state index in [0.717, 1.165) is 38.3 Å². The molecule has 4 nitrogen and oxygen atoms in total. The molecular formula is C21H30N2O2. The van der Waals surface area contributed by atoms with E-state index in [2.05, 4.69) is 42.7 Å². The van der Waals surface area contributed by atoms with Crippen LogP contribution >= 0.6 is 0 Å². The normalized spacial score (nSPS) is 16.6. The van der Waals surface area contributed by atoms with Gasteiger partial charge in [-0.05, 0) is 37.5 Å². The molecule has 1 amide bonds. The van der Waals surface area contributed by atoms with Crippen LogP contribution < -0.4 is 0 Å². The highest BCUT2D eigenvalue weighted by Crippen LogP contribution is 2.12. The van der Waals surface area contributed by atoms with Gasteiger partial charge in [0.2, 0.25) is 5.91 Å². The highest BCUT2D eigenvalue weighted by Gasteiger charge is 2.21. The van der Waals surface area contributed by atoms with Crippen LogP contribution in [0.15, 0.2) is 24.3 Å². The second kappa shape index (κ2) is 8.51. The monoisotopic (exact) mass is 342 g/mol. The summed E-state index contributed by atoms with van der Waals surface area (Å²) in [5.74, 6) is 6.59. The Morgan fingerprint density at radius 3 is 2.44 bits per heavy atom. The minimum Gasteiger partial charge on any atom is -0.378 e. The van der Waals surface area contributed by atoms with Crippen molar-refractivity contribution in [2.75, 3.05) is 26.2 Å². The van der Waals surface area contributed by atoms with Gasteiger partial charge in [-0.1, -0.05) is 37.8 Å². The molecule has 1 saturated heterocycles. The number of hydrogen-bond acceptors (Lipinski definition) is 3. The van der Waals surface area contributed by atoms with Crippen molar-refractivity contribution in [3.63, 3.8) is 0 Å². The van der Waals surface area contributed by atoms with Gasteiger partial charge in [0, 0.05) is 44.7 Å². The van der Waals surface area contributed by atoms with Gasteiger partial charge in [-0.25, -0.2) is 0 Å². The Hall–Kier alpha value is -1.83. The summed E-state index contributed by atoms with van der Waals surface area (Å²) in [4.78, 5) is 16.6. The lowest BCUT2D eigenvalue weighted by atomic mass is 10.1. The maximum absolute atomic E-state index is 12.2. The topological polar surface area (TPSA) is 43.8 Å². The standard InChI is InChI=1S/C21H30N2O2/c1-17(2)15-23-14-13-22(12-10-20(23)24)16-19-7-5-18(6-8-19)9-11-21(3,4)25/h5-8,17,25H,10,12-16H2,1-4H3. The van der Waals surface area contributed by atoms with Crippen molar-refractivity contribution in [3.8, 4) is 11.8 Å². The highest BCUT2D eigenvalue weighted by atomic mass is 16.3. The molecule has 0 radical (unpaired) electrons. The number of rotatable bonds is 4. The molecule has 1 N–H and O–H groups in total. The fourth-order valence-corrected chi connectivity index (χ4v) is 2.88. The molecule has 1 aromatic rings. The van der Waals surface area contributed by atoms with Gasteiger partial charge in [0.15, 0.2) is 0 Å². The molecule has 0 unspecified atom stereocenters. The van der Waals surface area contributed by atoms with Gasteiger partial charge in [0.25, 0.3) is 0 Å². The Kier molecular flexibility index (Phi) is 6.64. The summed E-state index contributed by atoms with van der Waals surface area (Å²) in [5, 5.41) is 9.66. The zero-order chi connectivity index (χ0) is 18.4. The summed E-state index contributed by atoms with van der Waals surface area (Å²) in [6.45, 7) is 11.9. The van der Waals surface area contributed by atoms with Gasteiger partial charge in [0.05, 0.1) is 0 Å². The van der Waals surface area contributed by atoms with Crippen molar-refractivity contribution in [2.45, 2.75) is 46.3 Å². The van der Waals surface area contributed by atoms with Crippen LogP contribution in [0.3, 0.4) is 0 Å². The smallest absolute Gasteiger partial charge is 0.223 e. The number of amides is 1.